The Morgan fingerprint density at radius 1 is 1.15 bits per heavy atom. The van der Waals surface area contributed by atoms with E-state index in [1.54, 1.807) is 6.20 Å². The summed E-state index contributed by atoms with van der Waals surface area (Å²) in [7, 11) is 0. The second kappa shape index (κ2) is 8.32. The minimum absolute atomic E-state index is 0.728. The molecule has 0 amide bonds. The number of nitrogens with one attached hydrogen (secondary N) is 2. The molecular formula is C15H20N4S. The Kier molecular flexibility index (Phi) is 6.05. The summed E-state index contributed by atoms with van der Waals surface area (Å²) in [6.07, 6.45) is 7.60. The standard InChI is InChI=1S/C15H20N4S/c20-15(17-8-4-11-19-12-10-16-13-19)18-9-7-14-5-2-1-3-6-14/h1-3,5-6,10,12-13H,4,7-9,11H2,(H2,17,18,20). The van der Waals surface area contributed by atoms with Gasteiger partial charge in [-0.1, -0.05) is 30.3 Å². The number of hydrogen-bond acceptors (Lipinski definition) is 2. The second-order valence-electron chi connectivity index (χ2n) is 4.57. The summed E-state index contributed by atoms with van der Waals surface area (Å²) < 4.78 is 2.06. The Bertz CT molecular complexity index is 496. The molecule has 0 saturated carbocycles. The van der Waals surface area contributed by atoms with E-state index < -0.39 is 0 Å². The average molecular weight is 288 g/mol. The van der Waals surface area contributed by atoms with Crippen LogP contribution in [0.3, 0.4) is 0 Å². The summed E-state index contributed by atoms with van der Waals surface area (Å²) in [6.45, 7) is 2.69. The predicted molar refractivity (Wildman–Crippen MR) is 85.6 cm³/mol. The zero-order valence-electron chi connectivity index (χ0n) is 11.5. The average Bonchev–Trinajstić information content (AvgIpc) is 2.98. The van der Waals surface area contributed by atoms with Crippen LogP contribution in [0.1, 0.15) is 12.0 Å². The van der Waals surface area contributed by atoms with Gasteiger partial charge in [0.1, 0.15) is 0 Å². The Labute approximate surface area is 125 Å². The maximum atomic E-state index is 5.24. The normalized spacial score (nSPS) is 10.2. The van der Waals surface area contributed by atoms with Crippen LogP contribution in [0.4, 0.5) is 0 Å². The molecule has 20 heavy (non-hydrogen) atoms. The van der Waals surface area contributed by atoms with E-state index in [-0.39, 0.29) is 0 Å². The van der Waals surface area contributed by atoms with Crippen molar-refractivity contribution in [2.75, 3.05) is 13.1 Å². The summed E-state index contributed by atoms with van der Waals surface area (Å²) in [5, 5.41) is 7.17. The second-order valence-corrected chi connectivity index (χ2v) is 4.98. The molecule has 0 saturated heterocycles. The molecule has 106 valence electrons. The number of rotatable bonds is 7. The molecule has 0 fully saturated rings. The summed E-state index contributed by atoms with van der Waals surface area (Å²) in [5.74, 6) is 0. The van der Waals surface area contributed by atoms with Crippen LogP contribution < -0.4 is 10.6 Å². The van der Waals surface area contributed by atoms with E-state index in [1.807, 2.05) is 18.6 Å². The predicted octanol–water partition coefficient (Wildman–Crippen LogP) is 1.98. The molecule has 0 radical (unpaired) electrons. The molecule has 0 unspecified atom stereocenters. The van der Waals surface area contributed by atoms with E-state index in [0.29, 0.717) is 0 Å². The molecule has 1 aromatic heterocycles. The van der Waals surface area contributed by atoms with Crippen LogP contribution in [-0.4, -0.2) is 27.8 Å². The molecule has 2 N–H and O–H groups in total. The van der Waals surface area contributed by atoms with Crippen molar-refractivity contribution in [3.05, 3.63) is 54.6 Å². The van der Waals surface area contributed by atoms with Gasteiger partial charge in [0.2, 0.25) is 0 Å². The quantitative estimate of drug-likeness (QED) is 0.604. The van der Waals surface area contributed by atoms with Crippen molar-refractivity contribution in [3.63, 3.8) is 0 Å². The van der Waals surface area contributed by atoms with Gasteiger partial charge in [-0.3, -0.25) is 0 Å². The topological polar surface area (TPSA) is 41.9 Å². The van der Waals surface area contributed by atoms with Gasteiger partial charge in [-0.2, -0.15) is 0 Å². The van der Waals surface area contributed by atoms with E-state index in [0.717, 1.165) is 37.6 Å². The SMILES string of the molecule is S=C(NCCCn1ccnc1)NCCc1ccccc1. The van der Waals surface area contributed by atoms with E-state index in [1.165, 1.54) is 5.56 Å². The number of nitrogens with zero attached hydrogens (tertiary/aromatic N) is 2. The van der Waals surface area contributed by atoms with Crippen molar-refractivity contribution < 1.29 is 0 Å². The first-order valence-electron chi connectivity index (χ1n) is 6.86. The van der Waals surface area contributed by atoms with Gasteiger partial charge in [0, 0.05) is 32.0 Å². The van der Waals surface area contributed by atoms with E-state index in [9.17, 15) is 0 Å². The smallest absolute Gasteiger partial charge is 0.166 e. The molecule has 0 aliphatic heterocycles. The van der Waals surface area contributed by atoms with E-state index in [2.05, 4.69) is 44.5 Å². The lowest BCUT2D eigenvalue weighted by Crippen LogP contribution is -2.37. The van der Waals surface area contributed by atoms with Crippen LogP contribution in [0.2, 0.25) is 0 Å². The highest BCUT2D eigenvalue weighted by Crippen LogP contribution is 1.98. The van der Waals surface area contributed by atoms with Crippen molar-refractivity contribution in [2.45, 2.75) is 19.4 Å². The van der Waals surface area contributed by atoms with Crippen LogP contribution >= 0.6 is 12.2 Å². The Hall–Kier alpha value is -1.88. The van der Waals surface area contributed by atoms with Crippen molar-refractivity contribution in [1.82, 2.24) is 20.2 Å². The highest BCUT2D eigenvalue weighted by Gasteiger charge is 1.96. The number of imidazole rings is 1. The zero-order chi connectivity index (χ0) is 14.0. The molecule has 5 heteroatoms. The van der Waals surface area contributed by atoms with Gasteiger partial charge in [0.15, 0.2) is 5.11 Å². The Morgan fingerprint density at radius 3 is 2.70 bits per heavy atom. The van der Waals surface area contributed by atoms with Crippen LogP contribution in [0, 0.1) is 0 Å². The molecular weight excluding hydrogens is 268 g/mol. The van der Waals surface area contributed by atoms with Crippen LogP contribution in [-0.2, 0) is 13.0 Å². The monoisotopic (exact) mass is 288 g/mol. The molecule has 1 aromatic carbocycles. The maximum absolute atomic E-state index is 5.24. The van der Waals surface area contributed by atoms with Gasteiger partial charge in [0.25, 0.3) is 0 Å². The number of thiocarbonyl (C=S) groups is 1. The van der Waals surface area contributed by atoms with Gasteiger partial charge in [-0.05, 0) is 30.6 Å². The third-order valence-electron chi connectivity index (χ3n) is 2.98. The zero-order valence-corrected chi connectivity index (χ0v) is 12.3. The van der Waals surface area contributed by atoms with Crippen LogP contribution in [0.5, 0.6) is 0 Å². The lowest BCUT2D eigenvalue weighted by molar-refractivity contribution is 0.627. The third kappa shape index (κ3) is 5.40. The summed E-state index contributed by atoms with van der Waals surface area (Å²) in [4.78, 5) is 4.01. The number of aryl methyl sites for hydroxylation is 1. The molecule has 0 bridgehead atoms. The number of hydrogen-bond donors (Lipinski definition) is 2. The number of benzene rings is 1. The summed E-state index contributed by atoms with van der Waals surface area (Å²) >= 11 is 5.24. The molecule has 2 aromatic rings. The maximum Gasteiger partial charge on any atom is 0.166 e. The highest BCUT2D eigenvalue weighted by molar-refractivity contribution is 7.80. The van der Waals surface area contributed by atoms with Crippen molar-refractivity contribution in [2.24, 2.45) is 0 Å². The first kappa shape index (κ1) is 14.5. The lowest BCUT2D eigenvalue weighted by atomic mass is 10.1. The fourth-order valence-corrected chi connectivity index (χ4v) is 2.11. The van der Waals surface area contributed by atoms with Gasteiger partial charge in [-0.25, -0.2) is 4.98 Å². The number of aromatic nitrogens is 2. The molecule has 0 aliphatic rings. The molecule has 0 aliphatic carbocycles. The summed E-state index contributed by atoms with van der Waals surface area (Å²) in [5.41, 5.74) is 1.32. The van der Waals surface area contributed by atoms with E-state index in [4.69, 9.17) is 12.2 Å². The first-order valence-corrected chi connectivity index (χ1v) is 7.27. The molecule has 2 rings (SSSR count). The minimum atomic E-state index is 0.728. The van der Waals surface area contributed by atoms with Gasteiger partial charge < -0.3 is 15.2 Å². The summed E-state index contributed by atoms with van der Waals surface area (Å²) in [6, 6.07) is 10.4. The third-order valence-corrected chi connectivity index (χ3v) is 3.27. The van der Waals surface area contributed by atoms with Gasteiger partial charge in [-0.15, -0.1) is 0 Å². The van der Waals surface area contributed by atoms with Crippen LogP contribution in [0.25, 0.3) is 0 Å². The first-order chi connectivity index (χ1) is 9.84. The lowest BCUT2D eigenvalue weighted by Gasteiger charge is -2.10. The fourth-order valence-electron chi connectivity index (χ4n) is 1.91. The molecule has 4 nitrogen and oxygen atoms in total. The Balaban J connectivity index is 1.52. The Morgan fingerprint density at radius 2 is 1.95 bits per heavy atom. The van der Waals surface area contributed by atoms with Gasteiger partial charge in [0.05, 0.1) is 6.33 Å². The van der Waals surface area contributed by atoms with Crippen molar-refractivity contribution in [1.29, 1.82) is 0 Å². The molecule has 1 heterocycles. The van der Waals surface area contributed by atoms with E-state index >= 15 is 0 Å². The minimum Gasteiger partial charge on any atom is -0.363 e. The van der Waals surface area contributed by atoms with Crippen molar-refractivity contribution in [3.8, 4) is 0 Å². The highest BCUT2D eigenvalue weighted by atomic mass is 32.1. The largest absolute Gasteiger partial charge is 0.363 e. The molecule has 0 spiro atoms. The fraction of sp³-hybridized carbons (Fsp3) is 0.333. The van der Waals surface area contributed by atoms with Gasteiger partial charge >= 0.3 is 0 Å². The van der Waals surface area contributed by atoms with Crippen molar-refractivity contribution >= 4 is 17.3 Å². The van der Waals surface area contributed by atoms with Crippen LogP contribution in [0.15, 0.2) is 49.1 Å². The molecule has 0 atom stereocenters.